The fraction of sp³-hybridized carbons (Fsp3) is 0.877. The number of rotatable bonds is 71. The summed E-state index contributed by atoms with van der Waals surface area (Å²) in [5.74, 6) is -0.174. The highest BCUT2D eigenvalue weighted by atomic mass is 16.7. The SMILES string of the molecule is C/C=C/CC/C=C/CC/C=C/C(O)C(COC1OC(CO)C(O)C(O)C1O)NC(=O)CCCCCCCCCCCCCCCCCCC/C=C\CCCCCCCCCCCCCCCCCCCCOC(=O)CCCCCCCCCCCCCCCCCC. The molecular weight excluding hydrogens is 1150 g/mol. The number of hydrogen-bond donors (Lipinski definition) is 6. The van der Waals surface area contributed by atoms with E-state index in [1.165, 1.54) is 308 Å². The zero-order chi connectivity index (χ0) is 66.5. The zero-order valence-corrected chi connectivity index (χ0v) is 60.3. The Morgan fingerprint density at radius 1 is 0.413 bits per heavy atom. The van der Waals surface area contributed by atoms with E-state index in [2.05, 4.69) is 42.6 Å². The van der Waals surface area contributed by atoms with Gasteiger partial charge in [0.15, 0.2) is 6.29 Å². The first kappa shape index (κ1) is 87.6. The van der Waals surface area contributed by atoms with E-state index in [0.29, 0.717) is 19.4 Å². The van der Waals surface area contributed by atoms with Crippen LogP contribution in [0.5, 0.6) is 0 Å². The van der Waals surface area contributed by atoms with E-state index in [-0.39, 0.29) is 18.5 Å². The molecule has 0 aromatic carbocycles. The summed E-state index contributed by atoms with van der Waals surface area (Å²) in [5, 5.41) is 54.3. The van der Waals surface area contributed by atoms with Crippen LogP contribution < -0.4 is 5.32 Å². The summed E-state index contributed by atoms with van der Waals surface area (Å²) in [7, 11) is 0. The molecule has 0 bridgehead atoms. The second-order valence-corrected chi connectivity index (χ2v) is 27.8. The molecule has 92 heavy (non-hydrogen) atoms. The van der Waals surface area contributed by atoms with Crippen molar-refractivity contribution in [2.45, 2.75) is 436 Å². The fourth-order valence-electron chi connectivity index (χ4n) is 12.8. The lowest BCUT2D eigenvalue weighted by atomic mass is 9.99. The van der Waals surface area contributed by atoms with Crippen molar-refractivity contribution < 1.29 is 49.3 Å². The first-order chi connectivity index (χ1) is 45.2. The molecule has 0 aromatic rings. The van der Waals surface area contributed by atoms with Crippen LogP contribution >= 0.6 is 0 Å². The predicted molar refractivity (Wildman–Crippen MR) is 389 cm³/mol. The number of ether oxygens (including phenoxy) is 3. The van der Waals surface area contributed by atoms with Crippen molar-refractivity contribution in [2.75, 3.05) is 19.8 Å². The third-order valence-electron chi connectivity index (χ3n) is 19.0. The van der Waals surface area contributed by atoms with E-state index in [4.69, 9.17) is 14.2 Å². The molecule has 0 saturated carbocycles. The lowest BCUT2D eigenvalue weighted by molar-refractivity contribution is -0.302. The van der Waals surface area contributed by atoms with Crippen molar-refractivity contribution in [2.24, 2.45) is 0 Å². The largest absolute Gasteiger partial charge is 0.466 e. The van der Waals surface area contributed by atoms with Crippen molar-refractivity contribution in [3.8, 4) is 0 Å². The number of aliphatic hydroxyl groups is 5. The Morgan fingerprint density at radius 3 is 1.14 bits per heavy atom. The predicted octanol–water partition coefficient (Wildman–Crippen LogP) is 21.5. The molecule has 1 aliphatic heterocycles. The van der Waals surface area contributed by atoms with Gasteiger partial charge in [0.25, 0.3) is 0 Å². The number of esters is 1. The topological polar surface area (TPSA) is 175 Å². The minimum Gasteiger partial charge on any atom is -0.466 e. The van der Waals surface area contributed by atoms with E-state index in [1.54, 1.807) is 6.08 Å². The Bertz CT molecular complexity index is 1670. The minimum absolute atomic E-state index is 0.0204. The molecule has 1 rings (SSSR count). The van der Waals surface area contributed by atoms with Crippen molar-refractivity contribution >= 4 is 11.9 Å². The molecule has 6 N–H and O–H groups in total. The van der Waals surface area contributed by atoms with E-state index in [9.17, 15) is 35.1 Å². The molecule has 0 spiro atoms. The normalized spacial score (nSPS) is 17.8. The van der Waals surface area contributed by atoms with E-state index in [0.717, 1.165) is 57.8 Å². The molecule has 11 nitrogen and oxygen atoms in total. The number of allylic oxidation sites excluding steroid dienone is 7. The van der Waals surface area contributed by atoms with Gasteiger partial charge >= 0.3 is 5.97 Å². The Morgan fingerprint density at radius 2 is 0.750 bits per heavy atom. The molecule has 1 saturated heterocycles. The average Bonchev–Trinajstić information content (AvgIpc) is 0.924. The van der Waals surface area contributed by atoms with Gasteiger partial charge in [-0.15, -0.1) is 0 Å². The Hall–Kier alpha value is -2.38. The number of amides is 1. The van der Waals surface area contributed by atoms with Gasteiger partial charge in [0.05, 0.1) is 32.0 Å². The molecule has 1 fully saturated rings. The van der Waals surface area contributed by atoms with Gasteiger partial charge in [0.1, 0.15) is 24.4 Å². The van der Waals surface area contributed by atoms with Crippen molar-refractivity contribution in [1.82, 2.24) is 5.32 Å². The summed E-state index contributed by atoms with van der Waals surface area (Å²) in [6.07, 6.45) is 83.4. The number of hydrogen-bond acceptors (Lipinski definition) is 10. The summed E-state index contributed by atoms with van der Waals surface area (Å²) in [5.41, 5.74) is 0. The lowest BCUT2D eigenvalue weighted by Crippen LogP contribution is -2.60. The summed E-state index contributed by atoms with van der Waals surface area (Å²) >= 11 is 0. The monoisotopic (exact) mass is 1300 g/mol. The zero-order valence-electron chi connectivity index (χ0n) is 60.3. The van der Waals surface area contributed by atoms with Crippen LogP contribution in [0.1, 0.15) is 393 Å². The quantitative estimate of drug-likeness (QED) is 0.0195. The second-order valence-electron chi connectivity index (χ2n) is 27.8. The summed E-state index contributed by atoms with van der Waals surface area (Å²) in [6.45, 7) is 4.14. The maximum absolute atomic E-state index is 13.0. The molecule has 0 aromatic heterocycles. The Labute approximate surface area is 567 Å². The average molecular weight is 1300 g/mol. The second kappa shape index (κ2) is 70.0. The minimum atomic E-state index is -1.58. The number of carbonyl (C=O) groups is 2. The number of nitrogens with one attached hydrogen (secondary N) is 1. The molecule has 1 heterocycles. The van der Waals surface area contributed by atoms with Gasteiger partial charge in [-0.2, -0.15) is 0 Å². The standard InChI is InChI=1S/C81H151NO10/c1-3-5-7-9-11-13-14-15-16-43-46-49-53-57-61-65-69-77(86)90-70-66-62-58-54-50-47-44-41-39-37-35-33-31-29-27-25-23-21-19-17-18-20-22-24-26-28-30-32-34-36-38-40-42-45-48-52-56-60-64-68-76(85)82-73(74(84)67-63-59-55-51-12-10-8-6-4-2)72-91-81-80(89)79(88)78(87)75(71-83)92-81/h4,6,12,17-18,51,63,67,73-75,78-81,83-84,87-89H,3,5,7-11,13-16,19-50,52-62,64-66,68-72H2,1-2H3,(H,82,85)/b6-4+,18-17-,51-12+,67-63+. The molecule has 1 amide bonds. The van der Waals surface area contributed by atoms with Gasteiger partial charge in [-0.3, -0.25) is 9.59 Å². The Kier molecular flexibility index (Phi) is 66.6. The van der Waals surface area contributed by atoms with Crippen LogP contribution in [-0.4, -0.2) is 100 Å². The maximum Gasteiger partial charge on any atom is 0.305 e. The van der Waals surface area contributed by atoms with Gasteiger partial charge in [-0.25, -0.2) is 0 Å². The van der Waals surface area contributed by atoms with Crippen LogP contribution in [0.2, 0.25) is 0 Å². The third-order valence-corrected chi connectivity index (χ3v) is 19.0. The van der Waals surface area contributed by atoms with Gasteiger partial charge in [0.2, 0.25) is 5.91 Å². The molecule has 11 heteroatoms. The van der Waals surface area contributed by atoms with Gasteiger partial charge in [-0.05, 0) is 77.6 Å². The van der Waals surface area contributed by atoms with E-state index >= 15 is 0 Å². The number of aliphatic hydroxyl groups excluding tert-OH is 5. The van der Waals surface area contributed by atoms with Gasteiger partial charge < -0.3 is 45.1 Å². The molecule has 7 atom stereocenters. The van der Waals surface area contributed by atoms with Gasteiger partial charge in [-0.1, -0.05) is 351 Å². The lowest BCUT2D eigenvalue weighted by Gasteiger charge is -2.40. The van der Waals surface area contributed by atoms with Crippen LogP contribution in [0, 0.1) is 0 Å². The van der Waals surface area contributed by atoms with Crippen LogP contribution in [0.3, 0.4) is 0 Å². The van der Waals surface area contributed by atoms with Crippen LogP contribution in [-0.2, 0) is 23.8 Å². The van der Waals surface area contributed by atoms with Crippen LogP contribution in [0.15, 0.2) is 48.6 Å². The number of carbonyl (C=O) groups excluding carboxylic acids is 2. The molecule has 1 aliphatic rings. The highest BCUT2D eigenvalue weighted by Crippen LogP contribution is 2.24. The van der Waals surface area contributed by atoms with Crippen molar-refractivity contribution in [1.29, 1.82) is 0 Å². The summed E-state index contributed by atoms with van der Waals surface area (Å²) in [6, 6.07) is -0.830. The Balaban J connectivity index is 1.84. The molecule has 0 radical (unpaired) electrons. The molecule has 0 aliphatic carbocycles. The van der Waals surface area contributed by atoms with E-state index in [1.807, 2.05) is 19.1 Å². The molecule has 7 unspecified atom stereocenters. The maximum atomic E-state index is 13.0. The van der Waals surface area contributed by atoms with Crippen LogP contribution in [0.25, 0.3) is 0 Å². The summed E-state index contributed by atoms with van der Waals surface area (Å²) < 4.78 is 16.7. The van der Waals surface area contributed by atoms with Crippen LogP contribution in [0.4, 0.5) is 0 Å². The highest BCUT2D eigenvalue weighted by Gasteiger charge is 2.44. The molecular formula is C81H151NO10. The smallest absolute Gasteiger partial charge is 0.305 e. The fourth-order valence-corrected chi connectivity index (χ4v) is 12.8. The summed E-state index contributed by atoms with van der Waals surface area (Å²) in [4.78, 5) is 25.1. The third kappa shape index (κ3) is 57.8. The molecule has 540 valence electrons. The number of unbranched alkanes of at least 4 members (excludes halogenated alkanes) is 52. The van der Waals surface area contributed by atoms with E-state index < -0.39 is 49.5 Å². The first-order valence-electron chi connectivity index (χ1n) is 39.9. The van der Waals surface area contributed by atoms with Crippen molar-refractivity contribution in [3.63, 3.8) is 0 Å². The van der Waals surface area contributed by atoms with Crippen molar-refractivity contribution in [3.05, 3.63) is 48.6 Å². The highest BCUT2D eigenvalue weighted by molar-refractivity contribution is 5.76. The van der Waals surface area contributed by atoms with Gasteiger partial charge in [0, 0.05) is 12.8 Å². The first-order valence-corrected chi connectivity index (χ1v) is 39.9.